The molecular formula is C16H20N2O3. The summed E-state index contributed by atoms with van der Waals surface area (Å²) in [6.07, 6.45) is 2.02. The zero-order valence-electron chi connectivity index (χ0n) is 12.1. The molecule has 0 amide bonds. The minimum Gasteiger partial charge on any atom is -0.469 e. The fourth-order valence-corrected chi connectivity index (χ4v) is 3.04. The number of ether oxygens (including phenoxy) is 1. The molecule has 1 fully saturated rings. The maximum absolute atomic E-state index is 11.7. The molecular weight excluding hydrogens is 268 g/mol. The van der Waals surface area contributed by atoms with Crippen LogP contribution < -0.4 is 0 Å². The summed E-state index contributed by atoms with van der Waals surface area (Å²) in [6, 6.07) is 8.18. The zero-order valence-corrected chi connectivity index (χ0v) is 12.1. The Kier molecular flexibility index (Phi) is 3.94. The number of piperidine rings is 1. The van der Waals surface area contributed by atoms with Gasteiger partial charge in [0.05, 0.1) is 19.1 Å². The van der Waals surface area contributed by atoms with Gasteiger partial charge >= 0.3 is 5.97 Å². The van der Waals surface area contributed by atoms with Gasteiger partial charge in [-0.2, -0.15) is 0 Å². The number of methoxy groups -OCH3 is 1. The lowest BCUT2D eigenvalue weighted by Gasteiger charge is -2.34. The minimum absolute atomic E-state index is 0.328. The highest BCUT2D eigenvalue weighted by atomic mass is 16.5. The normalized spacial score (nSPS) is 23.3. The predicted octanol–water partition coefficient (Wildman–Crippen LogP) is 1.52. The summed E-state index contributed by atoms with van der Waals surface area (Å²) in [6.45, 7) is 2.09. The van der Waals surface area contributed by atoms with Crippen LogP contribution in [0, 0.1) is 5.92 Å². The summed E-state index contributed by atoms with van der Waals surface area (Å²) >= 11 is 0. The van der Waals surface area contributed by atoms with Crippen molar-refractivity contribution in [3.8, 4) is 0 Å². The molecule has 2 heterocycles. The van der Waals surface area contributed by atoms with Gasteiger partial charge in [0.1, 0.15) is 0 Å². The zero-order chi connectivity index (χ0) is 14.8. The second-order valence-electron chi connectivity index (χ2n) is 5.58. The molecule has 0 unspecified atom stereocenters. The Morgan fingerprint density at radius 2 is 2.29 bits per heavy atom. The summed E-state index contributed by atoms with van der Waals surface area (Å²) in [5.41, 5.74) is 2.33. The van der Waals surface area contributed by atoms with Gasteiger partial charge in [0, 0.05) is 36.7 Å². The summed E-state index contributed by atoms with van der Waals surface area (Å²) < 4.78 is 4.78. The number of hydrogen-bond donors (Lipinski definition) is 2. The molecule has 21 heavy (non-hydrogen) atoms. The van der Waals surface area contributed by atoms with Crippen LogP contribution in [0.1, 0.15) is 12.0 Å². The summed E-state index contributed by atoms with van der Waals surface area (Å²) in [5.74, 6) is -0.778. The van der Waals surface area contributed by atoms with E-state index in [4.69, 9.17) is 4.74 Å². The number of fused-ring (bicyclic) bond motifs is 1. The second-order valence-corrected chi connectivity index (χ2v) is 5.58. The number of rotatable bonds is 3. The third kappa shape index (κ3) is 2.80. The quantitative estimate of drug-likeness (QED) is 0.841. The monoisotopic (exact) mass is 288 g/mol. The van der Waals surface area contributed by atoms with Crippen LogP contribution in [-0.4, -0.2) is 47.3 Å². The molecule has 0 bridgehead atoms. The average molecular weight is 288 g/mol. The van der Waals surface area contributed by atoms with Crippen LogP contribution in [0.2, 0.25) is 0 Å². The van der Waals surface area contributed by atoms with E-state index in [-0.39, 0.29) is 5.97 Å². The first kappa shape index (κ1) is 14.1. The molecule has 0 spiro atoms. The Bertz CT molecular complexity index is 637. The first-order chi connectivity index (χ1) is 10.2. The molecule has 5 nitrogen and oxygen atoms in total. The lowest BCUT2D eigenvalue weighted by Crippen LogP contribution is -2.46. The van der Waals surface area contributed by atoms with Gasteiger partial charge in [0.2, 0.25) is 0 Å². The minimum atomic E-state index is -0.600. The van der Waals surface area contributed by atoms with E-state index in [0.29, 0.717) is 13.0 Å². The Labute approximate surface area is 123 Å². The fourth-order valence-electron chi connectivity index (χ4n) is 3.04. The van der Waals surface area contributed by atoms with Crippen molar-refractivity contribution in [2.45, 2.75) is 19.1 Å². The molecule has 0 aliphatic carbocycles. The van der Waals surface area contributed by atoms with Gasteiger partial charge in [-0.05, 0) is 18.1 Å². The van der Waals surface area contributed by atoms with Gasteiger partial charge in [-0.15, -0.1) is 0 Å². The molecule has 1 aliphatic rings. The van der Waals surface area contributed by atoms with Crippen molar-refractivity contribution in [2.24, 2.45) is 5.92 Å². The number of carbonyl (C=O) groups is 1. The second kappa shape index (κ2) is 5.87. The first-order valence-electron chi connectivity index (χ1n) is 7.22. The summed E-state index contributed by atoms with van der Waals surface area (Å²) in [7, 11) is 1.37. The van der Waals surface area contributed by atoms with E-state index < -0.39 is 12.0 Å². The van der Waals surface area contributed by atoms with Crippen LogP contribution in [0.4, 0.5) is 0 Å². The number of aliphatic hydroxyl groups excluding tert-OH is 1. The van der Waals surface area contributed by atoms with Crippen molar-refractivity contribution < 1.29 is 14.6 Å². The lowest BCUT2D eigenvalue weighted by molar-refractivity contribution is -0.152. The molecule has 0 radical (unpaired) electrons. The van der Waals surface area contributed by atoms with E-state index in [9.17, 15) is 9.90 Å². The summed E-state index contributed by atoms with van der Waals surface area (Å²) in [4.78, 5) is 17.2. The van der Waals surface area contributed by atoms with Crippen molar-refractivity contribution in [3.05, 3.63) is 36.0 Å². The van der Waals surface area contributed by atoms with Gasteiger partial charge < -0.3 is 14.8 Å². The van der Waals surface area contributed by atoms with Crippen LogP contribution in [0.15, 0.2) is 30.5 Å². The topological polar surface area (TPSA) is 65.6 Å². The number of nitrogens with zero attached hydrogens (tertiary/aromatic N) is 1. The molecule has 5 heteroatoms. The number of likely N-dealkylation sites (tertiary alicyclic amines) is 1. The molecule has 2 atom stereocenters. The van der Waals surface area contributed by atoms with E-state index in [1.807, 2.05) is 18.3 Å². The van der Waals surface area contributed by atoms with E-state index in [0.717, 1.165) is 18.6 Å². The van der Waals surface area contributed by atoms with Gasteiger partial charge in [-0.1, -0.05) is 18.2 Å². The number of aromatic amines is 1. The average Bonchev–Trinajstić information content (AvgIpc) is 2.92. The number of esters is 1. The molecule has 112 valence electrons. The first-order valence-corrected chi connectivity index (χ1v) is 7.22. The number of H-pyrrole nitrogens is 1. The Morgan fingerprint density at radius 1 is 1.48 bits per heavy atom. The van der Waals surface area contributed by atoms with E-state index >= 15 is 0 Å². The number of aromatic nitrogens is 1. The van der Waals surface area contributed by atoms with E-state index in [1.165, 1.54) is 18.1 Å². The maximum Gasteiger partial charge on any atom is 0.312 e. The highest BCUT2D eigenvalue weighted by Crippen LogP contribution is 2.23. The van der Waals surface area contributed by atoms with Crippen molar-refractivity contribution in [1.29, 1.82) is 0 Å². The standard InChI is InChI=1S/C16H20N2O3/c1-21-16(20)13-10-18(7-6-15(13)19)9-11-8-17-14-5-3-2-4-12(11)14/h2-5,8,13,15,17,19H,6-7,9-10H2,1H3/t13-,15-/m1/s1. The van der Waals surface area contributed by atoms with Crippen molar-refractivity contribution in [2.75, 3.05) is 20.2 Å². The van der Waals surface area contributed by atoms with E-state index in [1.54, 1.807) is 0 Å². The van der Waals surface area contributed by atoms with Crippen molar-refractivity contribution in [3.63, 3.8) is 0 Å². The van der Waals surface area contributed by atoms with Crippen molar-refractivity contribution >= 4 is 16.9 Å². The molecule has 1 aromatic heterocycles. The SMILES string of the molecule is COC(=O)[C@@H]1CN(Cc2c[nH]c3ccccc23)CC[C@H]1O. The number of benzene rings is 1. The Morgan fingerprint density at radius 3 is 3.10 bits per heavy atom. The molecule has 1 aliphatic heterocycles. The maximum atomic E-state index is 11.7. The number of nitrogens with one attached hydrogen (secondary N) is 1. The van der Waals surface area contributed by atoms with Gasteiger partial charge in [-0.3, -0.25) is 9.69 Å². The number of carbonyl (C=O) groups excluding carboxylic acids is 1. The fraction of sp³-hybridized carbons (Fsp3) is 0.438. The predicted molar refractivity (Wildman–Crippen MR) is 79.7 cm³/mol. The third-order valence-corrected chi connectivity index (χ3v) is 4.23. The number of aliphatic hydroxyl groups is 1. The van der Waals surface area contributed by atoms with Gasteiger partial charge in [0.15, 0.2) is 0 Å². The molecule has 2 aromatic rings. The van der Waals surface area contributed by atoms with E-state index in [2.05, 4.69) is 22.0 Å². The Balaban J connectivity index is 1.74. The van der Waals surface area contributed by atoms with Crippen LogP contribution >= 0.6 is 0 Å². The van der Waals surface area contributed by atoms with Crippen LogP contribution in [0.25, 0.3) is 10.9 Å². The molecule has 2 N–H and O–H groups in total. The highest BCUT2D eigenvalue weighted by Gasteiger charge is 2.34. The smallest absolute Gasteiger partial charge is 0.312 e. The van der Waals surface area contributed by atoms with Gasteiger partial charge in [0.25, 0.3) is 0 Å². The molecule has 3 rings (SSSR count). The molecule has 1 saturated heterocycles. The summed E-state index contributed by atoms with van der Waals surface area (Å²) in [5, 5.41) is 11.2. The molecule has 1 aromatic carbocycles. The van der Waals surface area contributed by atoms with Crippen LogP contribution in [0.3, 0.4) is 0 Å². The molecule has 0 saturated carbocycles. The van der Waals surface area contributed by atoms with Crippen LogP contribution in [0.5, 0.6) is 0 Å². The lowest BCUT2D eigenvalue weighted by atomic mass is 9.94. The Hall–Kier alpha value is -1.85. The number of hydrogen-bond acceptors (Lipinski definition) is 4. The third-order valence-electron chi connectivity index (χ3n) is 4.23. The van der Waals surface area contributed by atoms with Crippen LogP contribution in [-0.2, 0) is 16.1 Å². The highest BCUT2D eigenvalue weighted by molar-refractivity contribution is 5.83. The number of para-hydroxylation sites is 1. The van der Waals surface area contributed by atoms with Gasteiger partial charge in [-0.25, -0.2) is 0 Å². The van der Waals surface area contributed by atoms with Crippen molar-refractivity contribution in [1.82, 2.24) is 9.88 Å². The largest absolute Gasteiger partial charge is 0.469 e.